The van der Waals surface area contributed by atoms with E-state index >= 15 is 0 Å². The summed E-state index contributed by atoms with van der Waals surface area (Å²) in [6, 6.07) is 0. The molecule has 3 aliphatic heterocycles. The molecule has 0 aliphatic carbocycles. The van der Waals surface area contributed by atoms with Gasteiger partial charge in [0.25, 0.3) is 0 Å². The Morgan fingerprint density at radius 1 is 0.462 bits per heavy atom. The van der Waals surface area contributed by atoms with Gasteiger partial charge in [0.2, 0.25) is 0 Å². The average Bonchev–Trinajstić information content (AvgIpc) is 2.55. The van der Waals surface area contributed by atoms with Crippen LogP contribution in [0.15, 0.2) is 0 Å². The van der Waals surface area contributed by atoms with Gasteiger partial charge in [-0.15, -0.1) is 0 Å². The summed E-state index contributed by atoms with van der Waals surface area (Å²) in [5.74, 6) is 0. The molecule has 3 aliphatic rings. The normalized spacial score (nSPS) is 30.9. The Morgan fingerprint density at radius 2 is 0.654 bits per heavy atom. The van der Waals surface area contributed by atoms with Gasteiger partial charge in [0.05, 0.1) is 52.9 Å². The van der Waals surface area contributed by atoms with Crippen LogP contribution in [-0.4, -0.2) is 109 Å². The molecule has 0 radical (unpaired) electrons. The molecule has 0 saturated carbocycles. The van der Waals surface area contributed by atoms with Crippen LogP contribution in [0.4, 0.5) is 0 Å². The number of hydrogen-bond donors (Lipinski definition) is 0. The molecule has 3 saturated heterocycles. The van der Waals surface area contributed by atoms with E-state index in [4.69, 9.17) is 18.9 Å². The SMILES string of the molecule is C1COCCO1.C1COCCO1.O=[Se]1O[Se](=O)(=O)O[Se](=O)O[Se](=O)(=O)O1. The van der Waals surface area contributed by atoms with E-state index < -0.39 is 55.7 Å². The molecule has 156 valence electrons. The number of hydrogen-bond acceptors (Lipinski definition) is 14. The molecule has 3 heterocycles. The van der Waals surface area contributed by atoms with Gasteiger partial charge in [-0.3, -0.25) is 0 Å². The van der Waals surface area contributed by atoms with Crippen LogP contribution < -0.4 is 0 Å². The summed E-state index contributed by atoms with van der Waals surface area (Å²) in [6.45, 7) is 6.22. The van der Waals surface area contributed by atoms with Crippen LogP contribution in [0.5, 0.6) is 0 Å². The molecular weight excluding hydrogens is 636 g/mol. The van der Waals surface area contributed by atoms with Crippen molar-refractivity contribution in [3.8, 4) is 0 Å². The Balaban J connectivity index is 0.000000230. The zero-order valence-electron chi connectivity index (χ0n) is 13.0. The van der Waals surface area contributed by atoms with Crippen LogP contribution in [-0.2, 0) is 53.6 Å². The third-order valence-electron chi connectivity index (χ3n) is 2.04. The zero-order chi connectivity index (χ0) is 19.5. The summed E-state index contributed by atoms with van der Waals surface area (Å²) < 4.78 is 97.9. The summed E-state index contributed by atoms with van der Waals surface area (Å²) >= 11 is -19.2. The summed E-state index contributed by atoms with van der Waals surface area (Å²) in [5.41, 5.74) is 0. The second kappa shape index (κ2) is 12.9. The average molecular weight is 652 g/mol. The maximum atomic E-state index is 10.6. The topological polar surface area (TPSA) is 176 Å². The monoisotopic (exact) mass is 656 g/mol. The predicted molar refractivity (Wildman–Crippen MR) is 74.8 cm³/mol. The molecule has 0 amide bonds. The molecule has 0 aromatic rings. The van der Waals surface area contributed by atoms with Crippen molar-refractivity contribution >= 4 is 55.7 Å². The third kappa shape index (κ3) is 12.9. The van der Waals surface area contributed by atoms with Crippen molar-refractivity contribution in [2.24, 2.45) is 0 Å². The first-order chi connectivity index (χ1) is 12.2. The Bertz CT molecular complexity index is 539. The van der Waals surface area contributed by atoms with E-state index in [1.165, 1.54) is 0 Å². The van der Waals surface area contributed by atoms with Crippen LogP contribution in [0.25, 0.3) is 0 Å². The van der Waals surface area contributed by atoms with Crippen molar-refractivity contribution in [1.29, 1.82) is 0 Å². The predicted octanol–water partition coefficient (Wildman–Crippen LogP) is -2.44. The van der Waals surface area contributed by atoms with Gasteiger partial charge in [-0.1, -0.05) is 0 Å². The first-order valence-electron chi connectivity index (χ1n) is 6.64. The fraction of sp³-hybridized carbons (Fsp3) is 1.00. The van der Waals surface area contributed by atoms with Gasteiger partial charge >= 0.3 is 90.3 Å². The fourth-order valence-electron chi connectivity index (χ4n) is 1.20. The van der Waals surface area contributed by atoms with Crippen molar-refractivity contribution in [2.45, 2.75) is 0 Å². The van der Waals surface area contributed by atoms with Gasteiger partial charge < -0.3 is 18.9 Å². The minimum absolute atomic E-state index is 0.778. The molecule has 0 aromatic carbocycles. The third-order valence-corrected chi connectivity index (χ3v) is 16.5. The summed E-state index contributed by atoms with van der Waals surface area (Å²) in [5, 5.41) is 0. The maximum absolute atomic E-state index is 10.6. The molecule has 0 N–H and O–H groups in total. The second-order valence-electron chi connectivity index (χ2n) is 3.95. The van der Waals surface area contributed by atoms with E-state index in [1.54, 1.807) is 0 Å². The first kappa shape index (κ1) is 24.6. The van der Waals surface area contributed by atoms with Gasteiger partial charge in [-0.05, 0) is 0 Å². The van der Waals surface area contributed by atoms with Crippen molar-refractivity contribution in [3.63, 3.8) is 0 Å². The molecule has 26 heavy (non-hydrogen) atoms. The van der Waals surface area contributed by atoms with Gasteiger partial charge in [0.15, 0.2) is 0 Å². The van der Waals surface area contributed by atoms with E-state index in [2.05, 4.69) is 11.6 Å². The van der Waals surface area contributed by atoms with Crippen molar-refractivity contribution in [3.05, 3.63) is 0 Å². The Hall–Kier alpha value is 0.558. The van der Waals surface area contributed by atoms with Crippen molar-refractivity contribution in [1.82, 2.24) is 0 Å². The Labute approximate surface area is 161 Å². The Kier molecular flexibility index (Phi) is 12.2. The summed E-state index contributed by atoms with van der Waals surface area (Å²) in [6.07, 6.45) is 0. The van der Waals surface area contributed by atoms with E-state index in [9.17, 15) is 23.0 Å². The standard InChI is InChI=1S/2C4H8O2.O10Se4/c2*1-2-6-4-3-5-1;1-11-7-13(3,4)9-12(2)10-14(5,6)8-11/h2*1-4H2;. The molecule has 0 atom stereocenters. The van der Waals surface area contributed by atoms with Crippen LogP contribution in [0.2, 0.25) is 0 Å². The molecular formula is C8H16O14Se4. The van der Waals surface area contributed by atoms with Crippen LogP contribution in [0, 0.1) is 0 Å². The molecule has 3 rings (SSSR count). The van der Waals surface area contributed by atoms with Crippen LogP contribution in [0.3, 0.4) is 0 Å². The van der Waals surface area contributed by atoms with Crippen LogP contribution in [0.1, 0.15) is 0 Å². The fourth-order valence-corrected chi connectivity index (χ4v) is 14.6. The molecule has 18 heteroatoms. The molecule has 3 fully saturated rings. The van der Waals surface area contributed by atoms with E-state index in [0.717, 1.165) is 52.9 Å². The van der Waals surface area contributed by atoms with Gasteiger partial charge in [0, 0.05) is 0 Å². The number of rotatable bonds is 0. The summed E-state index contributed by atoms with van der Waals surface area (Å²) in [4.78, 5) is 0. The Morgan fingerprint density at radius 3 is 0.808 bits per heavy atom. The molecule has 14 nitrogen and oxygen atoms in total. The molecule has 0 spiro atoms. The van der Waals surface area contributed by atoms with Gasteiger partial charge in [0.1, 0.15) is 0 Å². The van der Waals surface area contributed by atoms with Crippen LogP contribution >= 0.6 is 0 Å². The van der Waals surface area contributed by atoms with E-state index in [-0.39, 0.29) is 0 Å². The van der Waals surface area contributed by atoms with Crippen molar-refractivity contribution < 1.29 is 53.6 Å². The van der Waals surface area contributed by atoms with E-state index in [0.29, 0.717) is 0 Å². The molecule has 0 aromatic heterocycles. The first-order valence-corrected chi connectivity index (χ1v) is 16.4. The van der Waals surface area contributed by atoms with Crippen molar-refractivity contribution in [2.75, 3.05) is 52.9 Å². The number of ether oxygens (including phenoxy) is 4. The summed E-state index contributed by atoms with van der Waals surface area (Å²) in [7, 11) is 0. The van der Waals surface area contributed by atoms with Gasteiger partial charge in [-0.2, -0.15) is 0 Å². The van der Waals surface area contributed by atoms with E-state index in [1.807, 2.05) is 0 Å². The quantitative estimate of drug-likeness (QED) is 0.252. The molecule has 0 unspecified atom stereocenters. The minimum atomic E-state index is -5.56. The van der Waals surface area contributed by atoms with Gasteiger partial charge in [-0.25, -0.2) is 0 Å². The molecule has 0 bridgehead atoms. The second-order valence-corrected chi connectivity index (χ2v) is 16.2. The zero-order valence-corrected chi connectivity index (χ0v) is 19.9.